The van der Waals surface area contributed by atoms with Gasteiger partial charge in [-0.1, -0.05) is 102 Å². The highest BCUT2D eigenvalue weighted by Gasteiger charge is 2.08. The summed E-state index contributed by atoms with van der Waals surface area (Å²) < 4.78 is 0. The van der Waals surface area contributed by atoms with Gasteiger partial charge in [-0.2, -0.15) is 0 Å². The van der Waals surface area contributed by atoms with Gasteiger partial charge in [-0.25, -0.2) is 4.79 Å². The first kappa shape index (κ1) is 30.5. The SMILES string of the molecule is CCCCCCC/C=C/C(=O)Cc1ccccc1C(C)=O.CCCCCCC/C=C/C(=O)O. The minimum atomic E-state index is -0.844. The van der Waals surface area contributed by atoms with E-state index >= 15 is 0 Å². The number of hydrogen-bond acceptors (Lipinski definition) is 3. The topological polar surface area (TPSA) is 71.4 Å². The average Bonchev–Trinajstić information content (AvgIpc) is 2.78. The maximum atomic E-state index is 11.9. The van der Waals surface area contributed by atoms with E-state index in [1.807, 2.05) is 24.3 Å². The summed E-state index contributed by atoms with van der Waals surface area (Å²) in [5.41, 5.74) is 1.47. The number of carboxylic acids is 1. The van der Waals surface area contributed by atoms with E-state index in [4.69, 9.17) is 5.11 Å². The minimum Gasteiger partial charge on any atom is -0.478 e. The highest BCUT2D eigenvalue weighted by atomic mass is 16.4. The van der Waals surface area contributed by atoms with Gasteiger partial charge in [-0.15, -0.1) is 0 Å². The number of benzene rings is 1. The lowest BCUT2D eigenvalue weighted by Crippen LogP contribution is -2.05. The predicted octanol–water partition coefficient (Wildman–Crippen LogP) is 7.91. The quantitative estimate of drug-likeness (QED) is 0.147. The van der Waals surface area contributed by atoms with Gasteiger partial charge in [-0.3, -0.25) is 9.59 Å². The molecule has 0 atom stereocenters. The van der Waals surface area contributed by atoms with E-state index in [2.05, 4.69) is 13.8 Å². The fourth-order valence-corrected chi connectivity index (χ4v) is 3.39. The maximum absolute atomic E-state index is 11.9. The maximum Gasteiger partial charge on any atom is 0.327 e. The van der Waals surface area contributed by atoms with Crippen LogP contribution in [0.15, 0.2) is 48.6 Å². The third kappa shape index (κ3) is 18.8. The van der Waals surface area contributed by atoms with Crippen molar-refractivity contribution in [2.24, 2.45) is 0 Å². The van der Waals surface area contributed by atoms with E-state index < -0.39 is 5.97 Å². The lowest BCUT2D eigenvalue weighted by atomic mass is 9.99. The molecule has 0 saturated heterocycles. The van der Waals surface area contributed by atoms with Crippen LogP contribution in [0.4, 0.5) is 0 Å². The molecule has 0 heterocycles. The highest BCUT2D eigenvalue weighted by molar-refractivity contribution is 5.98. The molecule has 0 fully saturated rings. The van der Waals surface area contributed by atoms with Crippen LogP contribution in [0.3, 0.4) is 0 Å². The van der Waals surface area contributed by atoms with Gasteiger partial charge in [0.25, 0.3) is 0 Å². The Morgan fingerprint density at radius 1 is 0.758 bits per heavy atom. The molecular formula is C29H44O4. The lowest BCUT2D eigenvalue weighted by molar-refractivity contribution is -0.131. The Labute approximate surface area is 201 Å². The van der Waals surface area contributed by atoms with Crippen LogP contribution in [-0.4, -0.2) is 22.6 Å². The van der Waals surface area contributed by atoms with Gasteiger partial charge >= 0.3 is 5.97 Å². The Kier molecular flexibility index (Phi) is 19.7. The first-order valence-electron chi connectivity index (χ1n) is 12.6. The van der Waals surface area contributed by atoms with Crippen LogP contribution in [0.1, 0.15) is 114 Å². The predicted molar refractivity (Wildman–Crippen MR) is 138 cm³/mol. The van der Waals surface area contributed by atoms with E-state index in [0.717, 1.165) is 31.2 Å². The van der Waals surface area contributed by atoms with Gasteiger partial charge in [0, 0.05) is 18.1 Å². The number of Topliss-reactive ketones (excluding diaryl/α,β-unsaturated/α-hetero) is 1. The zero-order valence-corrected chi connectivity index (χ0v) is 21.0. The van der Waals surface area contributed by atoms with Gasteiger partial charge in [0.05, 0.1) is 0 Å². The molecule has 1 aromatic carbocycles. The van der Waals surface area contributed by atoms with Crippen LogP contribution in [0, 0.1) is 0 Å². The molecule has 0 radical (unpaired) electrons. The molecule has 4 nitrogen and oxygen atoms in total. The van der Waals surface area contributed by atoms with Crippen molar-refractivity contribution in [1.29, 1.82) is 0 Å². The number of unbranched alkanes of at least 4 members (excludes halogenated alkanes) is 10. The van der Waals surface area contributed by atoms with Gasteiger partial charge in [-0.05, 0) is 44.2 Å². The van der Waals surface area contributed by atoms with Gasteiger partial charge in [0.15, 0.2) is 11.6 Å². The van der Waals surface area contributed by atoms with Crippen LogP contribution in [0.25, 0.3) is 0 Å². The molecule has 1 aromatic rings. The second-order valence-corrected chi connectivity index (χ2v) is 8.41. The molecule has 0 spiro atoms. The van der Waals surface area contributed by atoms with Crippen molar-refractivity contribution >= 4 is 17.5 Å². The first-order chi connectivity index (χ1) is 15.9. The number of rotatable bonds is 17. The molecule has 0 saturated carbocycles. The number of carbonyl (C=O) groups is 3. The summed E-state index contributed by atoms with van der Waals surface area (Å²) in [6, 6.07) is 7.33. The van der Waals surface area contributed by atoms with Crippen molar-refractivity contribution in [2.75, 3.05) is 0 Å². The molecule has 33 heavy (non-hydrogen) atoms. The molecule has 184 valence electrons. The molecule has 0 aliphatic carbocycles. The monoisotopic (exact) mass is 456 g/mol. The zero-order chi connectivity index (χ0) is 24.7. The van der Waals surface area contributed by atoms with Crippen molar-refractivity contribution in [3.05, 3.63) is 59.7 Å². The van der Waals surface area contributed by atoms with E-state index in [0.29, 0.717) is 12.0 Å². The Morgan fingerprint density at radius 2 is 1.27 bits per heavy atom. The Hall–Kier alpha value is -2.49. The second-order valence-electron chi connectivity index (χ2n) is 8.41. The summed E-state index contributed by atoms with van der Waals surface area (Å²) in [7, 11) is 0. The van der Waals surface area contributed by atoms with Crippen molar-refractivity contribution in [1.82, 2.24) is 0 Å². The fourth-order valence-electron chi connectivity index (χ4n) is 3.39. The van der Waals surface area contributed by atoms with Gasteiger partial charge in [0.2, 0.25) is 0 Å². The summed E-state index contributed by atoms with van der Waals surface area (Å²) in [4.78, 5) is 33.5. The summed E-state index contributed by atoms with van der Waals surface area (Å²) in [5, 5.41) is 8.27. The Bertz CT molecular complexity index is 731. The number of carbonyl (C=O) groups excluding carboxylic acids is 2. The number of allylic oxidation sites excluding steroid dienone is 3. The van der Waals surface area contributed by atoms with E-state index in [1.165, 1.54) is 64.4 Å². The number of carboxylic acid groups (broad SMARTS) is 1. The standard InChI is InChI=1S/C19H26O2.C10H18O2/c1-3-4-5-6-7-8-9-13-18(21)15-17-12-10-11-14-19(17)16(2)20;1-2-3-4-5-6-7-8-9-10(11)12/h9-14H,3-8,15H2,1-2H3;8-9H,2-7H2,1H3,(H,11,12)/b13-9+;9-8+. The highest BCUT2D eigenvalue weighted by Crippen LogP contribution is 2.11. The third-order valence-electron chi connectivity index (χ3n) is 5.27. The molecule has 0 aliphatic heterocycles. The van der Waals surface area contributed by atoms with Crippen LogP contribution in [0.5, 0.6) is 0 Å². The summed E-state index contributed by atoms with van der Waals surface area (Å²) in [5.74, 6) is -0.765. The third-order valence-corrected chi connectivity index (χ3v) is 5.27. The Morgan fingerprint density at radius 3 is 1.79 bits per heavy atom. The molecule has 1 N–H and O–H groups in total. The second kappa shape index (κ2) is 21.4. The van der Waals surface area contributed by atoms with Crippen LogP contribution in [0.2, 0.25) is 0 Å². The minimum absolute atomic E-state index is 0.0123. The van der Waals surface area contributed by atoms with Crippen LogP contribution in [-0.2, 0) is 16.0 Å². The molecule has 0 aromatic heterocycles. The van der Waals surface area contributed by atoms with Crippen LogP contribution >= 0.6 is 0 Å². The smallest absolute Gasteiger partial charge is 0.327 e. The molecule has 1 rings (SSSR count). The van der Waals surface area contributed by atoms with Gasteiger partial charge in [0.1, 0.15) is 0 Å². The van der Waals surface area contributed by atoms with E-state index in [1.54, 1.807) is 18.2 Å². The molecule has 0 amide bonds. The van der Waals surface area contributed by atoms with E-state index in [9.17, 15) is 14.4 Å². The summed E-state index contributed by atoms with van der Waals surface area (Å²) in [6.45, 7) is 5.93. The molecule has 0 aliphatic rings. The van der Waals surface area contributed by atoms with Crippen LogP contribution < -0.4 is 0 Å². The molecular weight excluding hydrogens is 412 g/mol. The van der Waals surface area contributed by atoms with Crippen molar-refractivity contribution in [2.45, 2.75) is 104 Å². The largest absolute Gasteiger partial charge is 0.478 e. The molecule has 0 unspecified atom stereocenters. The Balaban J connectivity index is 0.000000728. The number of aliphatic carboxylic acids is 1. The number of hydrogen-bond donors (Lipinski definition) is 1. The van der Waals surface area contributed by atoms with E-state index in [-0.39, 0.29) is 11.6 Å². The van der Waals surface area contributed by atoms with Crippen molar-refractivity contribution in [3.63, 3.8) is 0 Å². The summed E-state index contributed by atoms with van der Waals surface area (Å²) in [6.07, 6.45) is 21.1. The average molecular weight is 457 g/mol. The number of ketones is 2. The normalized spacial score (nSPS) is 10.9. The molecule has 4 heteroatoms. The fraction of sp³-hybridized carbons (Fsp3) is 0.552. The summed E-state index contributed by atoms with van der Waals surface area (Å²) >= 11 is 0. The van der Waals surface area contributed by atoms with Crippen molar-refractivity contribution < 1.29 is 19.5 Å². The lowest BCUT2D eigenvalue weighted by Gasteiger charge is -2.04. The molecule has 0 bridgehead atoms. The first-order valence-corrected chi connectivity index (χ1v) is 12.6. The van der Waals surface area contributed by atoms with Gasteiger partial charge < -0.3 is 5.11 Å². The van der Waals surface area contributed by atoms with Crippen molar-refractivity contribution in [3.8, 4) is 0 Å². The zero-order valence-electron chi connectivity index (χ0n) is 21.0.